The average Bonchev–Trinajstić information content (AvgIpc) is 0.832. The average molecular weight is 1350 g/mol. The number of aliphatic hydroxyl groups is 7. The highest BCUT2D eigenvalue weighted by atomic mass is 16.7. The molecule has 0 radical (unpaired) electrons. The lowest BCUT2D eigenvalue weighted by Crippen LogP contribution is -2.60. The van der Waals surface area contributed by atoms with Crippen LogP contribution in [0.5, 0.6) is 0 Å². The molecule has 0 aromatic heterocycles. The summed E-state index contributed by atoms with van der Waals surface area (Å²) in [4.78, 5) is 13.3. The predicted molar refractivity (Wildman–Crippen MR) is 404 cm³/mol. The van der Waals surface area contributed by atoms with Crippen LogP contribution in [-0.4, -0.2) is 110 Å². The second kappa shape index (κ2) is 72.1. The Labute approximate surface area is 587 Å². The largest absolute Gasteiger partial charge is 0.394 e. The van der Waals surface area contributed by atoms with Gasteiger partial charge in [0.25, 0.3) is 0 Å². The normalized spacial score (nSPS) is 18.3. The Morgan fingerprint density at radius 2 is 0.632 bits per heavy atom. The van der Waals surface area contributed by atoms with E-state index in [-0.39, 0.29) is 12.8 Å². The maximum absolute atomic E-state index is 13.3. The van der Waals surface area contributed by atoms with Crippen molar-refractivity contribution in [3.05, 3.63) is 36.5 Å². The number of ether oxygens (including phenoxy) is 2. The molecule has 9 atom stereocenters. The zero-order chi connectivity index (χ0) is 68.8. The summed E-state index contributed by atoms with van der Waals surface area (Å²) in [7, 11) is 0. The van der Waals surface area contributed by atoms with Crippen molar-refractivity contribution in [2.24, 2.45) is 0 Å². The topological polar surface area (TPSA) is 189 Å². The maximum Gasteiger partial charge on any atom is 0.249 e. The summed E-state index contributed by atoms with van der Waals surface area (Å²) in [6.45, 7) is 3.51. The zero-order valence-corrected chi connectivity index (χ0v) is 62.7. The number of allylic oxidation sites excluding steroid dienone is 6. The van der Waals surface area contributed by atoms with E-state index in [0.717, 1.165) is 44.9 Å². The molecule has 8 N–H and O–H groups in total. The number of rotatable bonds is 75. The van der Waals surface area contributed by atoms with E-state index in [1.54, 1.807) is 0 Å². The van der Waals surface area contributed by atoms with Crippen molar-refractivity contribution in [3.8, 4) is 0 Å². The molecule has 0 aromatic rings. The van der Waals surface area contributed by atoms with Gasteiger partial charge in [-0.25, -0.2) is 0 Å². The molecule has 0 saturated carbocycles. The number of hydrogen-bond acceptors (Lipinski definition) is 10. The lowest BCUT2D eigenvalue weighted by atomic mass is 9.98. The number of carbonyl (C=O) groups is 1. The maximum atomic E-state index is 13.3. The molecule has 11 nitrogen and oxygen atoms in total. The van der Waals surface area contributed by atoms with E-state index in [4.69, 9.17) is 9.47 Å². The van der Waals surface area contributed by atoms with Crippen LogP contribution in [0.1, 0.15) is 425 Å². The van der Waals surface area contributed by atoms with E-state index in [1.165, 1.54) is 334 Å². The van der Waals surface area contributed by atoms with Crippen molar-refractivity contribution < 1.29 is 50.0 Å². The molecule has 1 rings (SSSR count). The van der Waals surface area contributed by atoms with Gasteiger partial charge in [-0.1, -0.05) is 397 Å². The molecule has 1 aliphatic rings. The number of unbranched alkanes of at least 4 members (excludes halogenated alkanes) is 57. The first-order valence-corrected chi connectivity index (χ1v) is 41.9. The van der Waals surface area contributed by atoms with Gasteiger partial charge in [-0.2, -0.15) is 0 Å². The van der Waals surface area contributed by atoms with E-state index in [9.17, 15) is 40.5 Å². The number of aliphatic hydroxyl groups excluding tert-OH is 7. The Balaban J connectivity index is 2.14. The highest BCUT2D eigenvalue weighted by Gasteiger charge is 2.44. The van der Waals surface area contributed by atoms with E-state index >= 15 is 0 Å². The van der Waals surface area contributed by atoms with Crippen LogP contribution in [0.2, 0.25) is 0 Å². The first-order chi connectivity index (χ1) is 46.7. The van der Waals surface area contributed by atoms with Crippen LogP contribution in [-0.2, 0) is 14.3 Å². The minimum atomic E-state index is -1.67. The minimum absolute atomic E-state index is 0.243. The summed E-state index contributed by atoms with van der Waals surface area (Å²) in [5.74, 6) is -0.704. The van der Waals surface area contributed by atoms with Crippen LogP contribution in [0.15, 0.2) is 36.5 Å². The van der Waals surface area contributed by atoms with Crippen molar-refractivity contribution in [2.45, 2.75) is 480 Å². The van der Waals surface area contributed by atoms with Crippen molar-refractivity contribution in [1.82, 2.24) is 5.32 Å². The molecule has 1 amide bonds. The van der Waals surface area contributed by atoms with Gasteiger partial charge < -0.3 is 50.5 Å². The molecule has 95 heavy (non-hydrogen) atoms. The molecule has 1 heterocycles. The Bertz CT molecular complexity index is 1640. The molecule has 1 aliphatic heterocycles. The van der Waals surface area contributed by atoms with E-state index < -0.39 is 74.2 Å². The van der Waals surface area contributed by atoms with Gasteiger partial charge in [0, 0.05) is 0 Å². The lowest BCUT2D eigenvalue weighted by molar-refractivity contribution is -0.303. The van der Waals surface area contributed by atoms with Gasteiger partial charge in [0.05, 0.1) is 25.4 Å². The van der Waals surface area contributed by atoms with Crippen LogP contribution in [0, 0.1) is 0 Å². The third-order valence-electron chi connectivity index (χ3n) is 20.4. The summed E-state index contributed by atoms with van der Waals surface area (Å²) >= 11 is 0. The van der Waals surface area contributed by atoms with Gasteiger partial charge in [0.15, 0.2) is 6.29 Å². The van der Waals surface area contributed by atoms with Gasteiger partial charge in [-0.15, -0.1) is 0 Å². The summed E-state index contributed by atoms with van der Waals surface area (Å²) in [5, 5.41) is 76.7. The van der Waals surface area contributed by atoms with E-state index in [2.05, 4.69) is 55.6 Å². The van der Waals surface area contributed by atoms with Gasteiger partial charge in [0.1, 0.15) is 36.6 Å². The Morgan fingerprint density at radius 3 is 0.937 bits per heavy atom. The smallest absolute Gasteiger partial charge is 0.249 e. The van der Waals surface area contributed by atoms with E-state index in [0.29, 0.717) is 19.3 Å². The van der Waals surface area contributed by atoms with Crippen LogP contribution in [0.4, 0.5) is 0 Å². The number of carbonyl (C=O) groups excluding carboxylic acids is 1. The summed E-state index contributed by atoms with van der Waals surface area (Å²) < 4.78 is 11.2. The fraction of sp³-hybridized carbons (Fsp3) is 0.917. The van der Waals surface area contributed by atoms with Gasteiger partial charge in [0.2, 0.25) is 5.91 Å². The molecular formula is C84H161NO10. The van der Waals surface area contributed by atoms with Gasteiger partial charge >= 0.3 is 0 Å². The third-order valence-corrected chi connectivity index (χ3v) is 20.4. The molecule has 1 saturated heterocycles. The van der Waals surface area contributed by atoms with E-state index in [1.807, 2.05) is 0 Å². The monoisotopic (exact) mass is 1340 g/mol. The number of hydrogen-bond donors (Lipinski definition) is 8. The Morgan fingerprint density at radius 1 is 0.358 bits per heavy atom. The summed E-state index contributed by atoms with van der Waals surface area (Å²) in [6.07, 6.45) is 84.3. The third kappa shape index (κ3) is 58.7. The predicted octanol–water partition coefficient (Wildman–Crippen LogP) is 22.0. The molecule has 0 aliphatic carbocycles. The Hall–Kier alpha value is -1.67. The fourth-order valence-electron chi connectivity index (χ4n) is 13.8. The van der Waals surface area contributed by atoms with Crippen molar-refractivity contribution in [1.29, 1.82) is 0 Å². The van der Waals surface area contributed by atoms with Crippen LogP contribution in [0.3, 0.4) is 0 Å². The number of nitrogens with one attached hydrogen (secondary N) is 1. The molecule has 0 aromatic carbocycles. The fourth-order valence-corrected chi connectivity index (χ4v) is 13.8. The minimum Gasteiger partial charge on any atom is -0.394 e. The molecule has 562 valence electrons. The van der Waals surface area contributed by atoms with Crippen LogP contribution < -0.4 is 5.32 Å². The van der Waals surface area contributed by atoms with Crippen LogP contribution >= 0.6 is 0 Å². The molecule has 11 heteroatoms. The van der Waals surface area contributed by atoms with Crippen molar-refractivity contribution >= 4 is 5.91 Å². The number of amides is 1. The SMILES string of the molecule is CCCCCCCCCCCCCCCCCCCCC/C=C/CC/C=C/CC/C=C/CCCC(O)C(O)C(COC1OC(CO)C(O)C(O)C1O)NC(=O)C(O)CCCCCCCCCCCCCCCCCCCCCCCCCCCCCCCCCCCCCC. The highest BCUT2D eigenvalue weighted by molar-refractivity contribution is 5.80. The second-order valence-corrected chi connectivity index (χ2v) is 29.5. The first-order valence-electron chi connectivity index (χ1n) is 41.9. The summed E-state index contributed by atoms with van der Waals surface area (Å²) in [5.41, 5.74) is 0. The van der Waals surface area contributed by atoms with Crippen molar-refractivity contribution in [3.63, 3.8) is 0 Å². The van der Waals surface area contributed by atoms with Crippen molar-refractivity contribution in [2.75, 3.05) is 13.2 Å². The first kappa shape index (κ1) is 91.3. The van der Waals surface area contributed by atoms with Gasteiger partial charge in [-0.3, -0.25) is 4.79 Å². The quantitative estimate of drug-likeness (QED) is 0.0215. The van der Waals surface area contributed by atoms with Gasteiger partial charge in [-0.05, 0) is 64.2 Å². The second-order valence-electron chi connectivity index (χ2n) is 29.5. The molecule has 9 unspecified atom stereocenters. The lowest BCUT2D eigenvalue weighted by Gasteiger charge is -2.40. The Kier molecular flexibility index (Phi) is 69.4. The molecule has 0 spiro atoms. The highest BCUT2D eigenvalue weighted by Crippen LogP contribution is 2.25. The molecular weight excluding hydrogens is 1180 g/mol. The standard InChI is InChI=1S/C84H161NO10/c1-3-5-7-9-11-13-15-17-19-21-23-25-27-29-31-33-35-37-38-39-40-42-44-46-48-50-52-54-56-58-60-62-64-66-68-70-72-77(88)83(93)85-75(74-94-84-82(92)81(91)80(90)78(73-86)95-84)79(89)76(87)71-69-67-65-63-61-59-57-55-53-51-49-47-45-43-41-36-34-32-30-28-26-24-22-20-18-16-14-12-10-8-6-4-2/h47,49,55,57,63,65,75-82,84,86-92H,3-46,48,50-54,56,58-62,64,66-74H2,1-2H3,(H,85,93)/b49-47+,57-55+,65-63+. The van der Waals surface area contributed by atoms with Crippen LogP contribution in [0.25, 0.3) is 0 Å². The molecule has 0 bridgehead atoms. The zero-order valence-electron chi connectivity index (χ0n) is 62.7. The molecule has 1 fully saturated rings. The summed E-state index contributed by atoms with van der Waals surface area (Å²) in [6, 6.07) is -1.20.